The molecule has 0 aliphatic heterocycles. The Hall–Kier alpha value is -1.59. The molecule has 6 nitrogen and oxygen atoms in total. The monoisotopic (exact) mass is 204 g/mol. The predicted molar refractivity (Wildman–Crippen MR) is 44.9 cm³/mol. The first-order valence-corrected chi connectivity index (χ1v) is 4.12. The topological polar surface area (TPSA) is 112 Å². The number of carboxylic acid groups (broad SMARTS) is 3. The lowest BCUT2D eigenvalue weighted by atomic mass is 10.0. The molecule has 0 rings (SSSR count). The smallest absolute Gasteiger partial charge is 0.317 e. The van der Waals surface area contributed by atoms with Crippen molar-refractivity contribution in [3.8, 4) is 0 Å². The first kappa shape index (κ1) is 12.4. The van der Waals surface area contributed by atoms with Crippen molar-refractivity contribution >= 4 is 17.9 Å². The fourth-order valence-corrected chi connectivity index (χ4v) is 0.977. The van der Waals surface area contributed by atoms with Gasteiger partial charge in [-0.25, -0.2) is 0 Å². The highest BCUT2D eigenvalue weighted by Crippen LogP contribution is 2.10. The molecule has 0 amide bonds. The summed E-state index contributed by atoms with van der Waals surface area (Å²) in [6, 6.07) is 0. The normalized spacial score (nSPS) is 10.1. The zero-order chi connectivity index (χ0) is 11.1. The van der Waals surface area contributed by atoms with Crippen LogP contribution >= 0.6 is 0 Å². The fraction of sp³-hybridized carbons (Fsp3) is 0.625. The molecule has 0 radical (unpaired) electrons. The summed E-state index contributed by atoms with van der Waals surface area (Å²) in [5.74, 6) is -5.16. The lowest BCUT2D eigenvalue weighted by Crippen LogP contribution is -2.23. The van der Waals surface area contributed by atoms with Gasteiger partial charge in [-0.2, -0.15) is 0 Å². The van der Waals surface area contributed by atoms with Crippen LogP contribution in [0.2, 0.25) is 0 Å². The molecular weight excluding hydrogens is 192 g/mol. The highest BCUT2D eigenvalue weighted by Gasteiger charge is 2.24. The maximum atomic E-state index is 10.4. The summed E-state index contributed by atoms with van der Waals surface area (Å²) in [6.45, 7) is 0. The van der Waals surface area contributed by atoms with Crippen LogP contribution in [0.1, 0.15) is 25.7 Å². The van der Waals surface area contributed by atoms with Gasteiger partial charge in [0, 0.05) is 6.42 Å². The molecule has 0 aromatic heterocycles. The summed E-state index contributed by atoms with van der Waals surface area (Å²) in [5.41, 5.74) is 0. The highest BCUT2D eigenvalue weighted by molar-refractivity contribution is 5.92. The quantitative estimate of drug-likeness (QED) is 0.409. The summed E-state index contributed by atoms with van der Waals surface area (Å²) >= 11 is 0. The number of aliphatic carboxylic acids is 3. The minimum absolute atomic E-state index is 0.0298. The second-order valence-electron chi connectivity index (χ2n) is 2.87. The van der Waals surface area contributed by atoms with Gasteiger partial charge < -0.3 is 15.3 Å². The van der Waals surface area contributed by atoms with E-state index in [1.807, 2.05) is 0 Å². The molecule has 0 heterocycles. The SMILES string of the molecule is O=C(O)CCCCC(C(=O)O)C(=O)O. The van der Waals surface area contributed by atoms with Crippen molar-refractivity contribution < 1.29 is 29.7 Å². The van der Waals surface area contributed by atoms with Crippen LogP contribution < -0.4 is 0 Å². The van der Waals surface area contributed by atoms with Crippen molar-refractivity contribution in [3.63, 3.8) is 0 Å². The number of carboxylic acids is 3. The Bertz CT molecular complexity index is 220. The zero-order valence-electron chi connectivity index (χ0n) is 7.47. The van der Waals surface area contributed by atoms with Crippen molar-refractivity contribution in [2.45, 2.75) is 25.7 Å². The third-order valence-electron chi connectivity index (χ3n) is 1.73. The van der Waals surface area contributed by atoms with E-state index >= 15 is 0 Å². The minimum atomic E-state index is -1.43. The Morgan fingerprint density at radius 2 is 1.43 bits per heavy atom. The standard InChI is InChI=1S/C8H12O6/c9-6(10)4-2-1-3-5(7(11)12)8(13)14/h5H,1-4H2,(H,9,10)(H,11,12)(H,13,14). The second kappa shape index (κ2) is 5.95. The Morgan fingerprint density at radius 3 is 1.79 bits per heavy atom. The van der Waals surface area contributed by atoms with E-state index < -0.39 is 23.8 Å². The van der Waals surface area contributed by atoms with Gasteiger partial charge >= 0.3 is 17.9 Å². The molecule has 0 bridgehead atoms. The number of carbonyl (C=O) groups is 3. The van der Waals surface area contributed by atoms with Gasteiger partial charge in [-0.15, -0.1) is 0 Å². The van der Waals surface area contributed by atoms with Crippen molar-refractivity contribution in [1.29, 1.82) is 0 Å². The van der Waals surface area contributed by atoms with Crippen LogP contribution in [-0.2, 0) is 14.4 Å². The number of unbranched alkanes of at least 4 members (excludes halogenated alkanes) is 1. The molecule has 80 valence electrons. The molecule has 6 heteroatoms. The van der Waals surface area contributed by atoms with Crippen LogP contribution in [0, 0.1) is 5.92 Å². The molecule has 0 unspecified atom stereocenters. The maximum Gasteiger partial charge on any atom is 0.317 e. The van der Waals surface area contributed by atoms with Crippen LogP contribution in [0.15, 0.2) is 0 Å². The van der Waals surface area contributed by atoms with Gasteiger partial charge in [0.25, 0.3) is 0 Å². The molecule has 0 saturated carbocycles. The molecule has 3 N–H and O–H groups in total. The molecule has 0 fully saturated rings. The molecule has 0 aromatic rings. The van der Waals surface area contributed by atoms with Crippen LogP contribution in [0.3, 0.4) is 0 Å². The summed E-state index contributed by atoms with van der Waals surface area (Å²) in [4.78, 5) is 30.8. The summed E-state index contributed by atoms with van der Waals surface area (Å²) < 4.78 is 0. The Balaban J connectivity index is 3.78. The number of hydrogen-bond acceptors (Lipinski definition) is 3. The number of hydrogen-bond donors (Lipinski definition) is 3. The van der Waals surface area contributed by atoms with Crippen LogP contribution in [-0.4, -0.2) is 33.2 Å². The van der Waals surface area contributed by atoms with E-state index in [2.05, 4.69) is 0 Å². The van der Waals surface area contributed by atoms with Crippen molar-refractivity contribution in [1.82, 2.24) is 0 Å². The van der Waals surface area contributed by atoms with E-state index in [0.717, 1.165) is 0 Å². The van der Waals surface area contributed by atoms with Gasteiger partial charge in [0.15, 0.2) is 5.92 Å². The van der Waals surface area contributed by atoms with Gasteiger partial charge in [0.1, 0.15) is 0 Å². The van der Waals surface area contributed by atoms with Crippen molar-refractivity contribution in [2.24, 2.45) is 5.92 Å². The lowest BCUT2D eigenvalue weighted by Gasteiger charge is -2.05. The molecule has 0 atom stereocenters. The van der Waals surface area contributed by atoms with Crippen LogP contribution in [0.25, 0.3) is 0 Å². The summed E-state index contributed by atoms with van der Waals surface area (Å²) in [5, 5.41) is 25.2. The first-order valence-electron chi connectivity index (χ1n) is 4.12. The molecule has 14 heavy (non-hydrogen) atoms. The second-order valence-corrected chi connectivity index (χ2v) is 2.87. The highest BCUT2D eigenvalue weighted by atomic mass is 16.4. The van der Waals surface area contributed by atoms with Gasteiger partial charge in [0.05, 0.1) is 0 Å². The van der Waals surface area contributed by atoms with Gasteiger partial charge in [-0.1, -0.05) is 6.42 Å². The average molecular weight is 204 g/mol. The van der Waals surface area contributed by atoms with Crippen LogP contribution in [0.4, 0.5) is 0 Å². The predicted octanol–water partition coefficient (Wildman–Crippen LogP) is 0.417. The Kier molecular flexibility index (Phi) is 5.28. The van der Waals surface area contributed by atoms with E-state index in [1.54, 1.807) is 0 Å². The Labute approximate surface area is 80.2 Å². The van der Waals surface area contributed by atoms with Crippen molar-refractivity contribution in [3.05, 3.63) is 0 Å². The molecule has 0 aliphatic carbocycles. The van der Waals surface area contributed by atoms with E-state index in [-0.39, 0.29) is 19.3 Å². The molecule has 0 saturated heterocycles. The zero-order valence-corrected chi connectivity index (χ0v) is 7.47. The summed E-state index contributed by atoms with van der Waals surface area (Å²) in [6.07, 6.45) is 0.492. The minimum Gasteiger partial charge on any atom is -0.481 e. The molecule has 0 spiro atoms. The molecule has 0 aliphatic rings. The van der Waals surface area contributed by atoms with E-state index in [1.165, 1.54) is 0 Å². The molecule has 0 aromatic carbocycles. The average Bonchev–Trinajstić information content (AvgIpc) is 2.01. The number of rotatable bonds is 7. The first-order chi connectivity index (χ1) is 6.45. The van der Waals surface area contributed by atoms with E-state index in [4.69, 9.17) is 15.3 Å². The van der Waals surface area contributed by atoms with Gasteiger partial charge in [-0.3, -0.25) is 14.4 Å². The Morgan fingerprint density at radius 1 is 0.929 bits per heavy atom. The van der Waals surface area contributed by atoms with Gasteiger partial charge in [0.2, 0.25) is 0 Å². The lowest BCUT2D eigenvalue weighted by molar-refractivity contribution is -0.154. The van der Waals surface area contributed by atoms with E-state index in [0.29, 0.717) is 6.42 Å². The molecular formula is C8H12O6. The third kappa shape index (κ3) is 5.13. The summed E-state index contributed by atoms with van der Waals surface area (Å²) in [7, 11) is 0. The largest absolute Gasteiger partial charge is 0.481 e. The van der Waals surface area contributed by atoms with E-state index in [9.17, 15) is 14.4 Å². The maximum absolute atomic E-state index is 10.4. The van der Waals surface area contributed by atoms with Gasteiger partial charge in [-0.05, 0) is 12.8 Å². The fourth-order valence-electron chi connectivity index (χ4n) is 0.977. The van der Waals surface area contributed by atoms with Crippen LogP contribution in [0.5, 0.6) is 0 Å². The van der Waals surface area contributed by atoms with Crippen molar-refractivity contribution in [2.75, 3.05) is 0 Å². The third-order valence-corrected chi connectivity index (χ3v) is 1.73.